The second-order valence-electron chi connectivity index (χ2n) is 7.56. The summed E-state index contributed by atoms with van der Waals surface area (Å²) in [5.41, 5.74) is 3.74. The fourth-order valence-electron chi connectivity index (χ4n) is 3.66. The topological polar surface area (TPSA) is 108 Å². The first kappa shape index (κ1) is 22.1. The maximum absolute atomic E-state index is 13.9. The molecule has 4 rings (SSSR count). The lowest BCUT2D eigenvalue weighted by atomic mass is 9.98. The highest BCUT2D eigenvalue weighted by atomic mass is 19.1. The molecule has 0 unspecified atom stereocenters. The van der Waals surface area contributed by atoms with Gasteiger partial charge >= 0.3 is 5.97 Å². The van der Waals surface area contributed by atoms with E-state index in [0.717, 1.165) is 41.2 Å². The van der Waals surface area contributed by atoms with Gasteiger partial charge in [0.05, 0.1) is 0 Å². The first-order valence-electron chi connectivity index (χ1n) is 10.6. The van der Waals surface area contributed by atoms with Gasteiger partial charge in [0.15, 0.2) is 0 Å². The van der Waals surface area contributed by atoms with Crippen LogP contribution in [0.25, 0.3) is 22.5 Å². The minimum atomic E-state index is -1.13. The summed E-state index contributed by atoms with van der Waals surface area (Å²) in [5.74, 6) is -1.18. The van der Waals surface area contributed by atoms with Crippen LogP contribution < -0.4 is 4.90 Å². The number of aromatic nitrogens is 5. The zero-order chi connectivity index (χ0) is 23.2. The summed E-state index contributed by atoms with van der Waals surface area (Å²) < 4.78 is 13.9. The molecule has 0 fully saturated rings. The summed E-state index contributed by atoms with van der Waals surface area (Å²) in [5, 5.41) is 23.8. The molecule has 2 N–H and O–H groups in total. The van der Waals surface area contributed by atoms with Crippen LogP contribution in [0.2, 0.25) is 0 Å². The number of unbranched alkanes of at least 4 members (excludes halogenated alkanes) is 1. The highest BCUT2D eigenvalue weighted by Gasteiger charge is 2.19. The molecule has 0 saturated carbocycles. The number of aromatic amines is 1. The molecule has 0 bridgehead atoms. The summed E-state index contributed by atoms with van der Waals surface area (Å²) in [6.07, 6.45) is 1.74. The fourth-order valence-corrected chi connectivity index (χ4v) is 3.66. The predicted molar refractivity (Wildman–Crippen MR) is 122 cm³/mol. The number of pyridine rings is 1. The number of aromatic carboxylic acids is 1. The smallest absolute Gasteiger partial charge is 0.339 e. The van der Waals surface area contributed by atoms with Crippen LogP contribution in [0.15, 0.2) is 60.7 Å². The number of carboxylic acid groups (broad SMARTS) is 1. The number of carbonyl (C=O) groups is 1. The minimum Gasteiger partial charge on any atom is -0.478 e. The highest BCUT2D eigenvalue weighted by Crippen LogP contribution is 2.30. The fraction of sp³-hybridized carbons (Fsp3) is 0.208. The maximum atomic E-state index is 13.9. The number of halogens is 1. The van der Waals surface area contributed by atoms with Gasteiger partial charge in [0, 0.05) is 18.7 Å². The van der Waals surface area contributed by atoms with Gasteiger partial charge in [-0.25, -0.2) is 9.78 Å². The van der Waals surface area contributed by atoms with Gasteiger partial charge in [0.2, 0.25) is 11.8 Å². The quantitative estimate of drug-likeness (QED) is 0.363. The molecule has 2 aromatic carbocycles. The third-order valence-corrected chi connectivity index (χ3v) is 5.30. The molecule has 0 radical (unpaired) electrons. The number of benzene rings is 2. The maximum Gasteiger partial charge on any atom is 0.339 e. The number of nitrogens with one attached hydrogen (secondary N) is 1. The normalized spacial score (nSPS) is 10.8. The molecule has 0 spiro atoms. The number of rotatable bonds is 9. The summed E-state index contributed by atoms with van der Waals surface area (Å²) in [6, 6.07) is 18.0. The first-order valence-corrected chi connectivity index (χ1v) is 10.6. The molecule has 9 heteroatoms. The summed E-state index contributed by atoms with van der Waals surface area (Å²) in [6.45, 7) is 3.02. The molecule has 0 aliphatic rings. The van der Waals surface area contributed by atoms with E-state index in [1.165, 1.54) is 6.07 Å². The Labute approximate surface area is 190 Å². The van der Waals surface area contributed by atoms with Crippen LogP contribution in [0.3, 0.4) is 0 Å². The Bertz CT molecular complexity index is 1230. The van der Waals surface area contributed by atoms with E-state index < -0.39 is 11.9 Å². The lowest BCUT2D eigenvalue weighted by Crippen LogP contribution is -2.27. The molecule has 0 aliphatic carbocycles. The number of nitrogens with zero attached hydrogens (tertiary/aromatic N) is 5. The van der Waals surface area contributed by atoms with Crippen molar-refractivity contribution in [2.24, 2.45) is 0 Å². The van der Waals surface area contributed by atoms with E-state index in [4.69, 9.17) is 0 Å². The largest absolute Gasteiger partial charge is 0.478 e. The van der Waals surface area contributed by atoms with E-state index in [9.17, 15) is 14.3 Å². The van der Waals surface area contributed by atoms with Crippen LogP contribution >= 0.6 is 0 Å². The monoisotopic (exact) mass is 446 g/mol. The number of carboxylic acids is 1. The average molecular weight is 446 g/mol. The second kappa shape index (κ2) is 9.99. The Hall–Kier alpha value is -4.14. The van der Waals surface area contributed by atoms with Gasteiger partial charge in [0.1, 0.15) is 11.4 Å². The van der Waals surface area contributed by atoms with Gasteiger partial charge in [0.25, 0.3) is 0 Å². The Morgan fingerprint density at radius 2 is 1.82 bits per heavy atom. The lowest BCUT2D eigenvalue weighted by Gasteiger charge is -2.25. The predicted octanol–water partition coefficient (Wildman–Crippen LogP) is 4.57. The number of anilines is 1. The second-order valence-corrected chi connectivity index (χ2v) is 7.56. The van der Waals surface area contributed by atoms with E-state index in [2.05, 4.69) is 25.6 Å². The van der Waals surface area contributed by atoms with Gasteiger partial charge in [-0.05, 0) is 40.5 Å². The van der Waals surface area contributed by atoms with E-state index in [0.29, 0.717) is 18.9 Å². The van der Waals surface area contributed by atoms with Crippen molar-refractivity contribution in [3.05, 3.63) is 77.7 Å². The third kappa shape index (κ3) is 5.03. The standard InChI is InChI=1S/C24H23FN6O2/c1-2-3-14-31(23-20(24(32)33)12-13-21(25)26-23)15-16-8-10-17(11-9-16)18-6-4-5-7-19(18)22-27-29-30-28-22/h4-13H,2-3,14-15H2,1H3,(H,32,33)(H,27,28,29,30). The SMILES string of the molecule is CCCCN(Cc1ccc(-c2ccccc2-c2nn[nH]n2)cc1)c1nc(F)ccc1C(=O)O. The zero-order valence-electron chi connectivity index (χ0n) is 18.1. The van der Waals surface area contributed by atoms with Gasteiger partial charge in [-0.15, -0.1) is 10.2 Å². The summed E-state index contributed by atoms with van der Waals surface area (Å²) in [7, 11) is 0. The van der Waals surface area contributed by atoms with Crippen LogP contribution in [-0.2, 0) is 6.54 Å². The van der Waals surface area contributed by atoms with Crippen LogP contribution in [0.1, 0.15) is 35.7 Å². The summed E-state index contributed by atoms with van der Waals surface area (Å²) >= 11 is 0. The molecular weight excluding hydrogens is 423 g/mol. The van der Waals surface area contributed by atoms with Crippen molar-refractivity contribution in [3.8, 4) is 22.5 Å². The third-order valence-electron chi connectivity index (χ3n) is 5.30. The molecule has 0 aliphatic heterocycles. The minimum absolute atomic E-state index is 0.0156. The number of hydrogen-bond acceptors (Lipinski definition) is 6. The van der Waals surface area contributed by atoms with Gasteiger partial charge in [-0.1, -0.05) is 61.9 Å². The van der Waals surface area contributed by atoms with Crippen LogP contribution in [0.5, 0.6) is 0 Å². The number of H-pyrrole nitrogens is 1. The first-order chi connectivity index (χ1) is 16.1. The van der Waals surface area contributed by atoms with Crippen LogP contribution in [-0.4, -0.2) is 43.2 Å². The molecule has 33 heavy (non-hydrogen) atoms. The lowest BCUT2D eigenvalue weighted by molar-refractivity contribution is 0.0697. The van der Waals surface area contributed by atoms with Gasteiger partial charge < -0.3 is 10.0 Å². The van der Waals surface area contributed by atoms with Crippen LogP contribution in [0, 0.1) is 5.95 Å². The molecule has 0 amide bonds. The van der Waals surface area contributed by atoms with E-state index in [1.54, 1.807) is 0 Å². The molecule has 0 saturated heterocycles. The average Bonchev–Trinajstić information content (AvgIpc) is 3.37. The van der Waals surface area contributed by atoms with Crippen molar-refractivity contribution >= 4 is 11.8 Å². The van der Waals surface area contributed by atoms with E-state index in [-0.39, 0.29) is 11.4 Å². The van der Waals surface area contributed by atoms with Gasteiger partial charge in [-0.2, -0.15) is 9.60 Å². The van der Waals surface area contributed by atoms with E-state index >= 15 is 0 Å². The van der Waals surface area contributed by atoms with Crippen molar-refractivity contribution < 1.29 is 14.3 Å². The van der Waals surface area contributed by atoms with Crippen molar-refractivity contribution in [3.63, 3.8) is 0 Å². The molecule has 2 aromatic heterocycles. The number of hydrogen-bond donors (Lipinski definition) is 2. The Balaban J connectivity index is 1.63. The molecule has 4 aromatic rings. The van der Waals surface area contributed by atoms with Crippen molar-refractivity contribution in [1.82, 2.24) is 25.6 Å². The Kier molecular flexibility index (Phi) is 6.68. The molecular formula is C24H23FN6O2. The molecule has 168 valence electrons. The molecule has 8 nitrogen and oxygen atoms in total. The van der Waals surface area contributed by atoms with Crippen molar-refractivity contribution in [2.45, 2.75) is 26.3 Å². The van der Waals surface area contributed by atoms with Crippen molar-refractivity contribution in [1.29, 1.82) is 0 Å². The number of tetrazole rings is 1. The molecule has 0 atom stereocenters. The zero-order valence-corrected chi connectivity index (χ0v) is 18.1. The van der Waals surface area contributed by atoms with E-state index in [1.807, 2.05) is 60.4 Å². The van der Waals surface area contributed by atoms with Gasteiger partial charge in [-0.3, -0.25) is 0 Å². The highest BCUT2D eigenvalue weighted by molar-refractivity contribution is 5.93. The van der Waals surface area contributed by atoms with Crippen LogP contribution in [0.4, 0.5) is 10.2 Å². The van der Waals surface area contributed by atoms with Crippen molar-refractivity contribution in [2.75, 3.05) is 11.4 Å². The Morgan fingerprint density at radius 3 is 2.48 bits per heavy atom. The molecule has 2 heterocycles. The summed E-state index contributed by atoms with van der Waals surface area (Å²) in [4.78, 5) is 17.4. The Morgan fingerprint density at radius 1 is 1.06 bits per heavy atom.